The van der Waals surface area contributed by atoms with Gasteiger partial charge < -0.3 is 10.2 Å². The van der Waals surface area contributed by atoms with E-state index in [0.29, 0.717) is 24.3 Å². The van der Waals surface area contributed by atoms with Gasteiger partial charge in [0.25, 0.3) is 0 Å². The minimum absolute atomic E-state index is 0.327. The Balaban J connectivity index is 1.46. The molecular weight excluding hydrogens is 298 g/mol. The van der Waals surface area contributed by atoms with Crippen LogP contribution < -0.4 is 5.32 Å². The van der Waals surface area contributed by atoms with Crippen LogP contribution in [0.1, 0.15) is 37.7 Å². The first-order valence-electron chi connectivity index (χ1n) is 9.45. The number of likely N-dealkylation sites (tertiary alicyclic amines) is 1. The lowest BCUT2D eigenvalue weighted by atomic mass is 10.00. The lowest BCUT2D eigenvalue weighted by molar-refractivity contribution is -0.133. The average Bonchev–Trinajstić information content (AvgIpc) is 3.14. The topological polar surface area (TPSA) is 35.6 Å². The van der Waals surface area contributed by atoms with E-state index in [2.05, 4.69) is 40.5 Å². The number of likely N-dealkylation sites (N-methyl/N-ethyl adjacent to an activating group) is 1. The summed E-state index contributed by atoms with van der Waals surface area (Å²) in [6.07, 6.45) is 5.29. The SMILES string of the molecule is CN(C(=O)CCC1CCNC1)C1CCCN(Cc2ccccc2)C1. The molecule has 0 radical (unpaired) electrons. The number of hydrogen-bond acceptors (Lipinski definition) is 3. The van der Waals surface area contributed by atoms with E-state index < -0.39 is 0 Å². The van der Waals surface area contributed by atoms with Crippen molar-refractivity contribution in [1.29, 1.82) is 0 Å². The summed E-state index contributed by atoms with van der Waals surface area (Å²) in [4.78, 5) is 17.1. The second-order valence-corrected chi connectivity index (χ2v) is 7.42. The highest BCUT2D eigenvalue weighted by Gasteiger charge is 2.26. The maximum Gasteiger partial charge on any atom is 0.222 e. The van der Waals surface area contributed by atoms with Crippen molar-refractivity contribution in [3.05, 3.63) is 35.9 Å². The Morgan fingerprint density at radius 1 is 1.29 bits per heavy atom. The lowest BCUT2D eigenvalue weighted by Gasteiger charge is -2.38. The summed E-state index contributed by atoms with van der Waals surface area (Å²) >= 11 is 0. The zero-order chi connectivity index (χ0) is 16.8. The number of benzene rings is 1. The Kier molecular flexibility index (Phi) is 6.27. The number of amides is 1. The quantitative estimate of drug-likeness (QED) is 0.871. The highest BCUT2D eigenvalue weighted by atomic mass is 16.2. The molecule has 132 valence electrons. The molecule has 0 aromatic heterocycles. The number of carbonyl (C=O) groups is 1. The number of nitrogens with zero attached hydrogens (tertiary/aromatic N) is 2. The Hall–Kier alpha value is -1.39. The number of rotatable bonds is 6. The predicted molar refractivity (Wildman–Crippen MR) is 97.7 cm³/mol. The van der Waals surface area contributed by atoms with Gasteiger partial charge in [0.05, 0.1) is 0 Å². The van der Waals surface area contributed by atoms with Crippen molar-refractivity contribution in [2.75, 3.05) is 33.2 Å². The van der Waals surface area contributed by atoms with Crippen molar-refractivity contribution >= 4 is 5.91 Å². The molecule has 2 atom stereocenters. The van der Waals surface area contributed by atoms with Crippen molar-refractivity contribution < 1.29 is 4.79 Å². The van der Waals surface area contributed by atoms with E-state index in [9.17, 15) is 4.79 Å². The van der Waals surface area contributed by atoms with E-state index in [0.717, 1.165) is 45.6 Å². The zero-order valence-electron chi connectivity index (χ0n) is 14.9. The molecule has 2 aliphatic heterocycles. The Morgan fingerprint density at radius 3 is 2.88 bits per heavy atom. The van der Waals surface area contributed by atoms with Crippen molar-refractivity contribution in [2.24, 2.45) is 5.92 Å². The molecule has 0 aliphatic carbocycles. The van der Waals surface area contributed by atoms with Gasteiger partial charge >= 0.3 is 0 Å². The number of hydrogen-bond donors (Lipinski definition) is 1. The molecule has 2 fully saturated rings. The molecular formula is C20H31N3O. The molecule has 1 amide bonds. The molecule has 0 spiro atoms. The van der Waals surface area contributed by atoms with Crippen LogP contribution in [0.15, 0.2) is 30.3 Å². The van der Waals surface area contributed by atoms with Crippen molar-refractivity contribution in [3.8, 4) is 0 Å². The Labute approximate surface area is 146 Å². The molecule has 4 nitrogen and oxygen atoms in total. The van der Waals surface area contributed by atoms with Gasteiger partial charge in [-0.25, -0.2) is 0 Å². The molecule has 0 saturated carbocycles. The number of piperidine rings is 1. The third-order valence-electron chi connectivity index (χ3n) is 5.60. The fourth-order valence-electron chi connectivity index (χ4n) is 4.00. The minimum Gasteiger partial charge on any atom is -0.341 e. The third-order valence-corrected chi connectivity index (χ3v) is 5.60. The molecule has 24 heavy (non-hydrogen) atoms. The first-order chi connectivity index (χ1) is 11.7. The highest BCUT2D eigenvalue weighted by molar-refractivity contribution is 5.76. The first-order valence-corrected chi connectivity index (χ1v) is 9.45. The maximum absolute atomic E-state index is 12.6. The van der Waals surface area contributed by atoms with E-state index >= 15 is 0 Å². The Bertz CT molecular complexity index is 513. The molecule has 2 unspecified atom stereocenters. The predicted octanol–water partition coefficient (Wildman–Crippen LogP) is 2.50. The summed E-state index contributed by atoms with van der Waals surface area (Å²) in [5.74, 6) is 1.02. The van der Waals surface area contributed by atoms with Crippen molar-refractivity contribution in [1.82, 2.24) is 15.1 Å². The lowest BCUT2D eigenvalue weighted by Crippen LogP contribution is -2.48. The van der Waals surface area contributed by atoms with Crippen LogP contribution in [0.5, 0.6) is 0 Å². The van der Waals surface area contributed by atoms with Gasteiger partial charge in [0.1, 0.15) is 0 Å². The summed E-state index contributed by atoms with van der Waals surface area (Å²) in [7, 11) is 2.01. The van der Waals surface area contributed by atoms with Gasteiger partial charge in [-0.2, -0.15) is 0 Å². The maximum atomic E-state index is 12.6. The van der Waals surface area contributed by atoms with Crippen LogP contribution in [-0.4, -0.2) is 55.0 Å². The van der Waals surface area contributed by atoms with Crippen LogP contribution in [0, 0.1) is 5.92 Å². The number of carbonyl (C=O) groups excluding carboxylic acids is 1. The fourth-order valence-corrected chi connectivity index (χ4v) is 4.00. The van der Waals surface area contributed by atoms with Crippen LogP contribution in [0.2, 0.25) is 0 Å². The van der Waals surface area contributed by atoms with Crippen LogP contribution in [0.3, 0.4) is 0 Å². The normalized spacial score (nSPS) is 24.9. The van der Waals surface area contributed by atoms with Crippen molar-refractivity contribution in [3.63, 3.8) is 0 Å². The monoisotopic (exact) mass is 329 g/mol. The number of nitrogens with one attached hydrogen (secondary N) is 1. The van der Waals surface area contributed by atoms with Crippen LogP contribution in [0.4, 0.5) is 0 Å². The molecule has 3 rings (SSSR count). The third kappa shape index (κ3) is 4.81. The molecule has 2 heterocycles. The molecule has 1 aromatic carbocycles. The minimum atomic E-state index is 0.327. The smallest absolute Gasteiger partial charge is 0.222 e. The van der Waals surface area contributed by atoms with E-state index in [1.807, 2.05) is 11.9 Å². The molecule has 2 saturated heterocycles. The molecule has 1 N–H and O–H groups in total. The van der Waals surface area contributed by atoms with Gasteiger partial charge in [-0.05, 0) is 56.8 Å². The highest BCUT2D eigenvalue weighted by Crippen LogP contribution is 2.20. The summed E-state index contributed by atoms with van der Waals surface area (Å²) in [5.41, 5.74) is 1.36. The Morgan fingerprint density at radius 2 is 2.12 bits per heavy atom. The van der Waals surface area contributed by atoms with Gasteiger partial charge in [0.15, 0.2) is 0 Å². The summed E-state index contributed by atoms with van der Waals surface area (Å²) in [6.45, 7) is 5.34. The second-order valence-electron chi connectivity index (χ2n) is 7.42. The van der Waals surface area contributed by atoms with Gasteiger partial charge in [-0.3, -0.25) is 9.69 Å². The van der Waals surface area contributed by atoms with Gasteiger partial charge in [-0.1, -0.05) is 30.3 Å². The standard InChI is InChI=1S/C20H31N3O/c1-22(20(24)10-9-17-11-12-21-14-17)19-8-5-13-23(16-19)15-18-6-3-2-4-7-18/h2-4,6-7,17,19,21H,5,8-16H2,1H3. The van der Waals surface area contributed by atoms with Crippen LogP contribution in [0.25, 0.3) is 0 Å². The summed E-state index contributed by atoms with van der Waals surface area (Å²) < 4.78 is 0. The van der Waals surface area contributed by atoms with E-state index in [1.54, 1.807) is 0 Å². The first kappa shape index (κ1) is 17.4. The molecule has 0 bridgehead atoms. The zero-order valence-corrected chi connectivity index (χ0v) is 14.9. The van der Waals surface area contributed by atoms with E-state index in [1.165, 1.54) is 18.4 Å². The van der Waals surface area contributed by atoms with Crippen LogP contribution in [-0.2, 0) is 11.3 Å². The van der Waals surface area contributed by atoms with Gasteiger partial charge in [-0.15, -0.1) is 0 Å². The van der Waals surface area contributed by atoms with Gasteiger partial charge in [0, 0.05) is 32.6 Å². The average molecular weight is 329 g/mol. The van der Waals surface area contributed by atoms with Gasteiger partial charge in [0.2, 0.25) is 5.91 Å². The summed E-state index contributed by atoms with van der Waals surface area (Å²) in [5, 5.41) is 3.39. The molecule has 2 aliphatic rings. The van der Waals surface area contributed by atoms with E-state index in [4.69, 9.17) is 0 Å². The van der Waals surface area contributed by atoms with Crippen molar-refractivity contribution in [2.45, 2.75) is 44.7 Å². The fraction of sp³-hybridized carbons (Fsp3) is 0.650. The summed E-state index contributed by atoms with van der Waals surface area (Å²) in [6, 6.07) is 11.0. The van der Waals surface area contributed by atoms with Crippen LogP contribution >= 0.6 is 0 Å². The van der Waals surface area contributed by atoms with E-state index in [-0.39, 0.29) is 0 Å². The second kappa shape index (κ2) is 8.63. The molecule has 4 heteroatoms. The molecule has 1 aromatic rings. The largest absolute Gasteiger partial charge is 0.341 e.